The second-order valence-electron chi connectivity index (χ2n) is 3.93. The fourth-order valence-corrected chi connectivity index (χ4v) is 1.50. The average molecular weight is 277 g/mol. The molecule has 2 aromatic heterocycles. The lowest BCUT2D eigenvalue weighted by molar-refractivity contribution is 0.0594. The molecule has 0 bridgehead atoms. The van der Waals surface area contributed by atoms with Crippen LogP contribution in [0.15, 0.2) is 18.6 Å². The van der Waals surface area contributed by atoms with Crippen LogP contribution in [0.2, 0.25) is 0 Å². The molecule has 0 atom stereocenters. The SMILES string of the molecule is CCCOc1cc(-n2cc(N)c(C(=O)OC)n2)ncn1. The molecule has 8 heteroatoms. The van der Waals surface area contributed by atoms with Gasteiger partial charge < -0.3 is 15.2 Å². The predicted octanol–water partition coefficient (Wildman–Crippen LogP) is 0.820. The molecule has 0 aliphatic rings. The molecule has 0 fully saturated rings. The second-order valence-corrected chi connectivity index (χ2v) is 3.93. The van der Waals surface area contributed by atoms with Crippen molar-refractivity contribution in [2.24, 2.45) is 0 Å². The zero-order chi connectivity index (χ0) is 14.5. The summed E-state index contributed by atoms with van der Waals surface area (Å²) in [6, 6.07) is 1.61. The van der Waals surface area contributed by atoms with E-state index in [0.29, 0.717) is 18.3 Å². The molecule has 2 aromatic rings. The molecule has 2 N–H and O–H groups in total. The van der Waals surface area contributed by atoms with Crippen molar-refractivity contribution in [2.45, 2.75) is 13.3 Å². The van der Waals surface area contributed by atoms with Gasteiger partial charge in [-0.2, -0.15) is 5.10 Å². The molecular formula is C12H15N5O3. The van der Waals surface area contributed by atoms with Crippen LogP contribution < -0.4 is 10.5 Å². The van der Waals surface area contributed by atoms with Crippen LogP contribution in [-0.2, 0) is 4.74 Å². The molecule has 0 unspecified atom stereocenters. The summed E-state index contributed by atoms with van der Waals surface area (Å²) in [6.07, 6.45) is 3.72. The van der Waals surface area contributed by atoms with E-state index in [1.807, 2.05) is 6.92 Å². The number of methoxy groups -OCH3 is 1. The monoisotopic (exact) mass is 277 g/mol. The number of nitrogens with zero attached hydrogens (tertiary/aromatic N) is 4. The van der Waals surface area contributed by atoms with E-state index in [0.717, 1.165) is 6.42 Å². The fourth-order valence-electron chi connectivity index (χ4n) is 1.50. The van der Waals surface area contributed by atoms with Crippen molar-refractivity contribution in [1.29, 1.82) is 0 Å². The normalized spacial score (nSPS) is 10.3. The highest BCUT2D eigenvalue weighted by atomic mass is 16.5. The Balaban J connectivity index is 2.29. The van der Waals surface area contributed by atoms with E-state index in [2.05, 4.69) is 19.8 Å². The van der Waals surface area contributed by atoms with Crippen LogP contribution >= 0.6 is 0 Å². The zero-order valence-electron chi connectivity index (χ0n) is 11.2. The van der Waals surface area contributed by atoms with Gasteiger partial charge >= 0.3 is 5.97 Å². The van der Waals surface area contributed by atoms with E-state index in [4.69, 9.17) is 10.5 Å². The van der Waals surface area contributed by atoms with Gasteiger partial charge in [-0.15, -0.1) is 0 Å². The Morgan fingerprint density at radius 1 is 1.45 bits per heavy atom. The summed E-state index contributed by atoms with van der Waals surface area (Å²) < 4.78 is 11.4. The topological polar surface area (TPSA) is 105 Å². The summed E-state index contributed by atoms with van der Waals surface area (Å²) in [5.41, 5.74) is 5.97. The maximum atomic E-state index is 11.5. The number of carbonyl (C=O) groups is 1. The molecule has 0 amide bonds. The third-order valence-corrected chi connectivity index (χ3v) is 2.44. The van der Waals surface area contributed by atoms with E-state index in [1.54, 1.807) is 6.07 Å². The van der Waals surface area contributed by atoms with Crippen molar-refractivity contribution >= 4 is 11.7 Å². The number of hydrogen-bond donors (Lipinski definition) is 1. The molecule has 20 heavy (non-hydrogen) atoms. The Hall–Kier alpha value is -2.64. The first-order valence-corrected chi connectivity index (χ1v) is 6.04. The molecule has 2 rings (SSSR count). The number of anilines is 1. The van der Waals surface area contributed by atoms with Crippen molar-refractivity contribution in [3.05, 3.63) is 24.3 Å². The molecule has 2 heterocycles. The largest absolute Gasteiger partial charge is 0.478 e. The summed E-state index contributed by atoms with van der Waals surface area (Å²) in [6.45, 7) is 2.56. The summed E-state index contributed by atoms with van der Waals surface area (Å²) >= 11 is 0. The van der Waals surface area contributed by atoms with Crippen LogP contribution in [0.1, 0.15) is 23.8 Å². The van der Waals surface area contributed by atoms with Gasteiger partial charge in [0.2, 0.25) is 5.88 Å². The summed E-state index contributed by atoms with van der Waals surface area (Å²) in [5.74, 6) is 0.288. The van der Waals surface area contributed by atoms with E-state index < -0.39 is 5.97 Å². The van der Waals surface area contributed by atoms with Crippen molar-refractivity contribution < 1.29 is 14.3 Å². The van der Waals surface area contributed by atoms with Gasteiger partial charge in [-0.3, -0.25) is 0 Å². The van der Waals surface area contributed by atoms with E-state index in [9.17, 15) is 4.79 Å². The summed E-state index contributed by atoms with van der Waals surface area (Å²) in [7, 11) is 1.27. The minimum absolute atomic E-state index is 0.0436. The third-order valence-electron chi connectivity index (χ3n) is 2.44. The first kappa shape index (κ1) is 13.8. The van der Waals surface area contributed by atoms with Crippen molar-refractivity contribution in [3.8, 4) is 11.7 Å². The van der Waals surface area contributed by atoms with Crippen LogP contribution in [0.3, 0.4) is 0 Å². The lowest BCUT2D eigenvalue weighted by atomic mass is 10.4. The Morgan fingerprint density at radius 2 is 2.25 bits per heavy atom. The van der Waals surface area contributed by atoms with Gasteiger partial charge in [0.25, 0.3) is 0 Å². The molecule has 0 radical (unpaired) electrons. The van der Waals surface area contributed by atoms with Gasteiger partial charge in [0.15, 0.2) is 11.5 Å². The standard InChI is InChI=1S/C12H15N5O3/c1-3-4-20-10-5-9(14-7-15-10)17-6-8(13)11(16-17)12(18)19-2/h5-7H,3-4,13H2,1-2H3. The Kier molecular flexibility index (Phi) is 4.14. The van der Waals surface area contributed by atoms with Crippen molar-refractivity contribution in [1.82, 2.24) is 19.7 Å². The molecule has 0 spiro atoms. The number of rotatable bonds is 5. The smallest absolute Gasteiger partial charge is 0.360 e. The van der Waals surface area contributed by atoms with Crippen molar-refractivity contribution in [2.75, 3.05) is 19.5 Å². The molecule has 0 saturated carbocycles. The highest BCUT2D eigenvalue weighted by molar-refractivity contribution is 5.92. The summed E-state index contributed by atoms with van der Waals surface area (Å²) in [4.78, 5) is 19.5. The van der Waals surface area contributed by atoms with Crippen LogP contribution in [0.5, 0.6) is 5.88 Å². The van der Waals surface area contributed by atoms with Crippen molar-refractivity contribution in [3.63, 3.8) is 0 Å². The quantitative estimate of drug-likeness (QED) is 0.806. The molecule has 0 aromatic carbocycles. The Labute approximate surface area is 115 Å². The number of nitrogens with two attached hydrogens (primary N) is 1. The van der Waals surface area contributed by atoms with E-state index in [-0.39, 0.29) is 11.4 Å². The Morgan fingerprint density at radius 3 is 2.95 bits per heavy atom. The van der Waals surface area contributed by atoms with Crippen LogP contribution in [0.25, 0.3) is 5.82 Å². The predicted molar refractivity (Wildman–Crippen MR) is 70.7 cm³/mol. The molecule has 0 aliphatic carbocycles. The highest BCUT2D eigenvalue weighted by Crippen LogP contribution is 2.16. The summed E-state index contributed by atoms with van der Waals surface area (Å²) in [5, 5.41) is 4.04. The number of carbonyl (C=O) groups excluding carboxylic acids is 1. The first-order chi connectivity index (χ1) is 9.65. The zero-order valence-corrected chi connectivity index (χ0v) is 11.2. The third kappa shape index (κ3) is 2.85. The number of ether oxygens (including phenoxy) is 2. The average Bonchev–Trinajstić information content (AvgIpc) is 2.86. The minimum Gasteiger partial charge on any atom is -0.478 e. The van der Waals surface area contributed by atoms with Gasteiger partial charge in [-0.05, 0) is 6.42 Å². The van der Waals surface area contributed by atoms with E-state index >= 15 is 0 Å². The highest BCUT2D eigenvalue weighted by Gasteiger charge is 2.16. The van der Waals surface area contributed by atoms with Gasteiger partial charge in [0, 0.05) is 6.07 Å². The van der Waals surface area contributed by atoms with Crippen LogP contribution in [-0.4, -0.2) is 39.4 Å². The van der Waals surface area contributed by atoms with E-state index in [1.165, 1.54) is 24.3 Å². The van der Waals surface area contributed by atoms with Gasteiger partial charge in [0.05, 0.1) is 25.6 Å². The number of nitrogen functional groups attached to an aromatic ring is 1. The Bertz CT molecular complexity index is 611. The molecule has 0 saturated heterocycles. The minimum atomic E-state index is -0.599. The van der Waals surface area contributed by atoms with Crippen LogP contribution in [0.4, 0.5) is 5.69 Å². The first-order valence-electron chi connectivity index (χ1n) is 6.04. The number of esters is 1. The lowest BCUT2D eigenvalue weighted by Crippen LogP contribution is -2.07. The van der Waals surface area contributed by atoms with Gasteiger partial charge in [0.1, 0.15) is 6.33 Å². The molecule has 0 aliphatic heterocycles. The van der Waals surface area contributed by atoms with Gasteiger partial charge in [-0.25, -0.2) is 19.4 Å². The molecular weight excluding hydrogens is 262 g/mol. The lowest BCUT2D eigenvalue weighted by Gasteiger charge is -2.04. The second kappa shape index (κ2) is 6.00. The maximum absolute atomic E-state index is 11.5. The molecule has 8 nitrogen and oxygen atoms in total. The maximum Gasteiger partial charge on any atom is 0.360 e. The molecule has 106 valence electrons. The number of aromatic nitrogens is 4. The van der Waals surface area contributed by atoms with Gasteiger partial charge in [-0.1, -0.05) is 6.92 Å². The van der Waals surface area contributed by atoms with Crippen LogP contribution in [0, 0.1) is 0 Å². The number of hydrogen-bond acceptors (Lipinski definition) is 7. The fraction of sp³-hybridized carbons (Fsp3) is 0.333.